The van der Waals surface area contributed by atoms with Crippen molar-refractivity contribution in [2.24, 2.45) is 10.7 Å². The normalized spacial score (nSPS) is 21.5. The summed E-state index contributed by atoms with van der Waals surface area (Å²) in [4.78, 5) is 8.85. The summed E-state index contributed by atoms with van der Waals surface area (Å²) >= 11 is 1.61. The van der Waals surface area contributed by atoms with Crippen molar-refractivity contribution >= 4 is 22.7 Å². The summed E-state index contributed by atoms with van der Waals surface area (Å²) in [5, 5.41) is 0.652. The number of fused-ring (bicyclic) bond motifs is 2. The fourth-order valence-corrected chi connectivity index (χ4v) is 4.11. The zero-order valence-corrected chi connectivity index (χ0v) is 14.5. The smallest absolute Gasteiger partial charge is 0.154 e. The first kappa shape index (κ1) is 15.9. The van der Waals surface area contributed by atoms with Crippen LogP contribution < -0.4 is 16.2 Å². The highest BCUT2D eigenvalue weighted by Gasteiger charge is 2.39. The Morgan fingerprint density at radius 2 is 2.08 bits per heavy atom. The number of nitrogens with zero attached hydrogens (tertiary/aromatic N) is 2. The number of nitrogen functional groups attached to an aromatic ring is 1. The second-order valence-electron chi connectivity index (χ2n) is 6.08. The Balaban J connectivity index is 1.75. The third-order valence-electron chi connectivity index (χ3n) is 4.52. The van der Waals surface area contributed by atoms with Gasteiger partial charge in [-0.3, -0.25) is 4.99 Å². The van der Waals surface area contributed by atoms with Crippen LogP contribution >= 0.6 is 11.8 Å². The van der Waals surface area contributed by atoms with E-state index in [1.165, 1.54) is 0 Å². The van der Waals surface area contributed by atoms with Crippen LogP contribution in [0.1, 0.15) is 29.5 Å². The molecule has 0 bridgehead atoms. The number of nitrogens with two attached hydrogens (primary N) is 2. The van der Waals surface area contributed by atoms with E-state index in [0.29, 0.717) is 17.6 Å². The minimum atomic E-state index is -0.284. The Morgan fingerprint density at radius 1 is 1.16 bits per heavy atom. The van der Waals surface area contributed by atoms with Gasteiger partial charge in [-0.2, -0.15) is 0 Å². The van der Waals surface area contributed by atoms with Gasteiger partial charge in [0.25, 0.3) is 0 Å². The van der Waals surface area contributed by atoms with Gasteiger partial charge in [0, 0.05) is 29.5 Å². The number of hydrogen-bond acceptors (Lipinski definition) is 6. The van der Waals surface area contributed by atoms with Gasteiger partial charge in [-0.15, -0.1) is 0 Å². The summed E-state index contributed by atoms with van der Waals surface area (Å²) in [6, 6.07) is 9.69. The molecular formula is C19H18N4OS. The lowest BCUT2D eigenvalue weighted by Gasteiger charge is -2.38. The summed E-state index contributed by atoms with van der Waals surface area (Å²) in [7, 11) is 0. The van der Waals surface area contributed by atoms with Crippen LogP contribution in [0.4, 0.5) is 5.82 Å². The number of rotatable bonds is 0. The highest BCUT2D eigenvalue weighted by Crippen LogP contribution is 2.45. The van der Waals surface area contributed by atoms with Crippen molar-refractivity contribution in [1.82, 2.24) is 4.98 Å². The van der Waals surface area contributed by atoms with Gasteiger partial charge in [0.05, 0.1) is 17.7 Å². The van der Waals surface area contributed by atoms with E-state index in [0.717, 1.165) is 41.0 Å². The summed E-state index contributed by atoms with van der Waals surface area (Å²) < 4.78 is 5.83. The van der Waals surface area contributed by atoms with Gasteiger partial charge in [0.15, 0.2) is 5.17 Å². The van der Waals surface area contributed by atoms with Crippen LogP contribution in [-0.2, 0) is 5.54 Å². The molecule has 0 fully saturated rings. The predicted octanol–water partition coefficient (Wildman–Crippen LogP) is 2.49. The van der Waals surface area contributed by atoms with Crippen molar-refractivity contribution in [3.8, 4) is 17.6 Å². The number of pyridine rings is 1. The van der Waals surface area contributed by atoms with Crippen molar-refractivity contribution in [1.29, 1.82) is 0 Å². The van der Waals surface area contributed by atoms with E-state index in [-0.39, 0.29) is 5.54 Å². The van der Waals surface area contributed by atoms with Crippen molar-refractivity contribution in [3.05, 3.63) is 53.2 Å². The van der Waals surface area contributed by atoms with Gasteiger partial charge >= 0.3 is 0 Å². The number of amidine groups is 1. The molecule has 4 N–H and O–H groups in total. The molecule has 126 valence electrons. The lowest BCUT2D eigenvalue weighted by atomic mass is 9.82. The molecule has 2 aliphatic rings. The van der Waals surface area contributed by atoms with Crippen molar-refractivity contribution < 1.29 is 4.74 Å². The van der Waals surface area contributed by atoms with Crippen molar-refractivity contribution in [2.75, 3.05) is 18.1 Å². The van der Waals surface area contributed by atoms with E-state index in [1.54, 1.807) is 18.0 Å². The van der Waals surface area contributed by atoms with Crippen molar-refractivity contribution in [2.45, 2.75) is 18.4 Å². The van der Waals surface area contributed by atoms with E-state index < -0.39 is 0 Å². The summed E-state index contributed by atoms with van der Waals surface area (Å²) in [5.41, 5.74) is 14.3. The molecule has 2 aromatic rings. The molecule has 1 aromatic heterocycles. The lowest BCUT2D eigenvalue weighted by molar-refractivity contribution is 0.214. The molecule has 6 heteroatoms. The van der Waals surface area contributed by atoms with Crippen molar-refractivity contribution in [3.63, 3.8) is 0 Å². The molecule has 25 heavy (non-hydrogen) atoms. The molecule has 2 aliphatic heterocycles. The topological polar surface area (TPSA) is 86.5 Å². The molecule has 1 unspecified atom stereocenters. The fourth-order valence-electron chi connectivity index (χ4n) is 3.22. The van der Waals surface area contributed by atoms with Crippen LogP contribution in [0.3, 0.4) is 0 Å². The van der Waals surface area contributed by atoms with Gasteiger partial charge < -0.3 is 16.2 Å². The Kier molecular flexibility index (Phi) is 4.02. The highest BCUT2D eigenvalue weighted by atomic mass is 32.2. The first-order chi connectivity index (χ1) is 12.2. The standard InChI is InChI=1S/C19H18N4OS/c20-17-14(2-1-9-22-17)5-3-13-4-6-16-15(12-13)19(7-10-24-16)8-11-25-18(21)23-19/h1-2,4,6,9,12H,7-8,10-11H2,(H2,20,22)(H2,21,23). The number of aliphatic imine (C=N–C) groups is 1. The van der Waals surface area contributed by atoms with Gasteiger partial charge in [-0.1, -0.05) is 23.6 Å². The number of anilines is 1. The molecule has 0 aliphatic carbocycles. The molecule has 0 saturated heterocycles. The maximum Gasteiger partial charge on any atom is 0.154 e. The number of aromatic nitrogens is 1. The molecular weight excluding hydrogens is 332 g/mol. The number of hydrogen-bond donors (Lipinski definition) is 2. The Labute approximate surface area is 150 Å². The van der Waals surface area contributed by atoms with E-state index in [9.17, 15) is 0 Å². The number of thioether (sulfide) groups is 1. The van der Waals surface area contributed by atoms with Crippen LogP contribution in [0.2, 0.25) is 0 Å². The summed E-state index contributed by atoms with van der Waals surface area (Å²) in [5.74, 6) is 8.55. The molecule has 1 atom stereocenters. The van der Waals surface area contributed by atoms with Gasteiger partial charge in [-0.05, 0) is 36.8 Å². The van der Waals surface area contributed by atoms with E-state index >= 15 is 0 Å². The zero-order chi connectivity index (χ0) is 17.3. The van der Waals surface area contributed by atoms with E-state index in [2.05, 4.69) is 22.9 Å². The van der Waals surface area contributed by atoms with E-state index in [1.807, 2.05) is 24.3 Å². The first-order valence-corrected chi connectivity index (χ1v) is 9.13. The van der Waals surface area contributed by atoms with Crippen LogP contribution in [-0.4, -0.2) is 22.5 Å². The van der Waals surface area contributed by atoms with Crippen LogP contribution in [0.5, 0.6) is 5.75 Å². The van der Waals surface area contributed by atoms with Crippen LogP contribution in [0.15, 0.2) is 41.5 Å². The predicted molar refractivity (Wildman–Crippen MR) is 102 cm³/mol. The fraction of sp³-hybridized carbons (Fsp3) is 0.263. The maximum atomic E-state index is 6.01. The highest BCUT2D eigenvalue weighted by molar-refractivity contribution is 8.13. The SMILES string of the molecule is NC1=NC2(CCOc3ccc(C#Cc4cccnc4N)cc32)CCS1. The Morgan fingerprint density at radius 3 is 2.92 bits per heavy atom. The molecule has 4 rings (SSSR count). The first-order valence-electron chi connectivity index (χ1n) is 8.14. The third kappa shape index (κ3) is 3.03. The molecule has 0 saturated carbocycles. The van der Waals surface area contributed by atoms with E-state index in [4.69, 9.17) is 21.2 Å². The number of benzene rings is 1. The van der Waals surface area contributed by atoms with Gasteiger partial charge in [-0.25, -0.2) is 4.98 Å². The third-order valence-corrected chi connectivity index (χ3v) is 5.32. The molecule has 1 spiro atoms. The monoisotopic (exact) mass is 350 g/mol. The minimum absolute atomic E-state index is 0.284. The molecule has 0 radical (unpaired) electrons. The Bertz CT molecular complexity index is 915. The molecule has 3 heterocycles. The lowest BCUT2D eigenvalue weighted by Crippen LogP contribution is -2.36. The average Bonchev–Trinajstić information content (AvgIpc) is 2.62. The van der Waals surface area contributed by atoms with Gasteiger partial charge in [0.1, 0.15) is 11.6 Å². The molecule has 5 nitrogen and oxygen atoms in total. The molecule has 0 amide bonds. The summed E-state index contributed by atoms with van der Waals surface area (Å²) in [6.45, 7) is 0.658. The minimum Gasteiger partial charge on any atom is -0.493 e. The Hall–Kier alpha value is -2.65. The van der Waals surface area contributed by atoms with Crippen LogP contribution in [0, 0.1) is 11.8 Å². The average molecular weight is 350 g/mol. The quantitative estimate of drug-likeness (QED) is 0.713. The molecule has 1 aromatic carbocycles. The zero-order valence-electron chi connectivity index (χ0n) is 13.7. The second-order valence-corrected chi connectivity index (χ2v) is 7.19. The second kappa shape index (κ2) is 6.34. The largest absolute Gasteiger partial charge is 0.493 e. The van der Waals surface area contributed by atoms with Gasteiger partial charge in [0.2, 0.25) is 0 Å². The summed E-state index contributed by atoms with van der Waals surface area (Å²) in [6.07, 6.45) is 3.46. The number of ether oxygens (including phenoxy) is 1. The maximum absolute atomic E-state index is 6.01. The van der Waals surface area contributed by atoms with Crippen LogP contribution in [0.25, 0.3) is 0 Å².